The first-order valence-electron chi connectivity index (χ1n) is 17.1. The summed E-state index contributed by atoms with van der Waals surface area (Å²) in [6, 6.07) is 18.9. The topological polar surface area (TPSA) is 78.9 Å². The maximum absolute atomic E-state index is 11.6. The Labute approximate surface area is 302 Å². The van der Waals surface area contributed by atoms with Gasteiger partial charge in [0.05, 0.1) is 6.10 Å². The van der Waals surface area contributed by atoms with Crippen LogP contribution in [0.5, 0.6) is 0 Å². The van der Waals surface area contributed by atoms with Crippen molar-refractivity contribution >= 4 is 34.5 Å². The van der Waals surface area contributed by atoms with Crippen molar-refractivity contribution in [1.82, 2.24) is 10.2 Å². The monoisotopic (exact) mass is 702 g/mol. The second kappa shape index (κ2) is 21.1. The molecule has 0 radical (unpaired) electrons. The number of nitrogens with zero attached hydrogens (tertiary/aromatic N) is 1. The summed E-state index contributed by atoms with van der Waals surface area (Å²) < 4.78 is 5.56. The van der Waals surface area contributed by atoms with Crippen molar-refractivity contribution in [3.63, 3.8) is 0 Å². The summed E-state index contributed by atoms with van der Waals surface area (Å²) in [6.45, 7) is 10.2. The molecule has 0 saturated heterocycles. The van der Waals surface area contributed by atoms with Gasteiger partial charge >= 0.3 is 0 Å². The number of carbonyl (C=O) groups is 2. The Morgan fingerprint density at radius 1 is 1.08 bits per heavy atom. The number of likely N-dealkylation sites (N-methyl/N-ethyl adjacent to an activating group) is 1. The first-order valence-corrected chi connectivity index (χ1v) is 18.8. The van der Waals surface area contributed by atoms with Gasteiger partial charge in [0, 0.05) is 37.4 Å². The quantitative estimate of drug-likeness (QED) is 0.0601. The molecule has 0 bridgehead atoms. The highest BCUT2D eigenvalue weighted by atomic mass is 32.2. The Hall–Kier alpha value is -3.27. The summed E-state index contributed by atoms with van der Waals surface area (Å²) >= 11 is 2.72. The molecule has 1 saturated carbocycles. The van der Waals surface area contributed by atoms with Crippen LogP contribution in [-0.2, 0) is 39.2 Å². The third-order valence-electron chi connectivity index (χ3n) is 8.57. The fraction of sp³-hybridized carbons (Fsp3) is 0.415. The number of thiophene rings is 1. The normalized spacial score (nSPS) is 15.1. The number of carbonyl (C=O) groups excluding carboxylic acids is 2. The number of methoxy groups -OCH3 is 1. The van der Waals surface area contributed by atoms with E-state index in [-0.39, 0.29) is 11.2 Å². The number of hydrogen-bond donors (Lipinski definition) is 2. The van der Waals surface area contributed by atoms with E-state index in [1.807, 2.05) is 24.4 Å². The van der Waals surface area contributed by atoms with Gasteiger partial charge in [-0.1, -0.05) is 78.5 Å². The van der Waals surface area contributed by atoms with E-state index in [2.05, 4.69) is 78.9 Å². The number of rotatable bonds is 18. The molecular formula is C41H54N2O4S2. The molecule has 1 fully saturated rings. The SMILES string of the molecule is C/C=C\C=C(/C)C(O)(C=O)c1cccs1.COC(/C=C/N(C)CCc1ccc(CCNCCc2cccc(C)c2SC(C)=O)cc1)C1CC1. The van der Waals surface area contributed by atoms with Gasteiger partial charge in [-0.15, -0.1) is 11.3 Å². The molecule has 1 aliphatic rings. The molecule has 264 valence electrons. The first kappa shape index (κ1) is 40.2. The maximum Gasteiger partial charge on any atom is 0.190 e. The molecule has 49 heavy (non-hydrogen) atoms. The van der Waals surface area contributed by atoms with Gasteiger partial charge in [-0.3, -0.25) is 9.59 Å². The molecule has 2 atom stereocenters. The highest BCUT2D eigenvalue weighted by molar-refractivity contribution is 8.13. The minimum atomic E-state index is -1.48. The van der Waals surface area contributed by atoms with Crippen molar-refractivity contribution in [2.24, 2.45) is 5.92 Å². The number of ether oxygens (including phenoxy) is 1. The lowest BCUT2D eigenvalue weighted by atomic mass is 9.94. The van der Waals surface area contributed by atoms with Gasteiger partial charge in [-0.2, -0.15) is 0 Å². The van der Waals surface area contributed by atoms with Crippen LogP contribution in [0.4, 0.5) is 0 Å². The molecule has 2 unspecified atom stereocenters. The average Bonchev–Trinajstić information content (AvgIpc) is 3.79. The van der Waals surface area contributed by atoms with E-state index in [0.717, 1.165) is 49.7 Å². The number of aryl methyl sites for hydroxylation is 1. The van der Waals surface area contributed by atoms with Gasteiger partial charge in [-0.25, -0.2) is 0 Å². The molecule has 6 nitrogen and oxygen atoms in total. The van der Waals surface area contributed by atoms with Crippen molar-refractivity contribution < 1.29 is 19.4 Å². The Kier molecular flexibility index (Phi) is 17.3. The molecule has 0 spiro atoms. The largest absolute Gasteiger partial charge is 0.380 e. The molecule has 1 aliphatic carbocycles. The molecule has 8 heteroatoms. The van der Waals surface area contributed by atoms with E-state index < -0.39 is 5.60 Å². The molecule has 2 N–H and O–H groups in total. The summed E-state index contributed by atoms with van der Waals surface area (Å²) in [7, 11) is 3.94. The van der Waals surface area contributed by atoms with Crippen molar-refractivity contribution in [2.45, 2.75) is 76.4 Å². The lowest BCUT2D eigenvalue weighted by Gasteiger charge is -2.20. The number of benzene rings is 2. The Morgan fingerprint density at radius 3 is 2.37 bits per heavy atom. The molecule has 0 amide bonds. The van der Waals surface area contributed by atoms with Crippen LogP contribution in [0.25, 0.3) is 0 Å². The fourth-order valence-corrected chi connectivity index (χ4v) is 6.99. The minimum absolute atomic E-state index is 0.142. The van der Waals surface area contributed by atoms with Crippen LogP contribution in [0, 0.1) is 12.8 Å². The van der Waals surface area contributed by atoms with Crippen LogP contribution >= 0.6 is 23.1 Å². The van der Waals surface area contributed by atoms with Crippen molar-refractivity contribution in [3.05, 3.63) is 123 Å². The van der Waals surface area contributed by atoms with E-state index in [9.17, 15) is 14.7 Å². The van der Waals surface area contributed by atoms with Gasteiger partial charge in [-0.05, 0) is 123 Å². The highest BCUT2D eigenvalue weighted by Crippen LogP contribution is 2.34. The van der Waals surface area contributed by atoms with Crippen LogP contribution in [0.1, 0.15) is 60.7 Å². The highest BCUT2D eigenvalue weighted by Gasteiger charge is 2.31. The maximum atomic E-state index is 11.6. The third kappa shape index (κ3) is 13.5. The van der Waals surface area contributed by atoms with Crippen LogP contribution in [0.2, 0.25) is 0 Å². The molecular weight excluding hydrogens is 649 g/mol. The first-order chi connectivity index (χ1) is 23.6. The number of aldehydes is 1. The van der Waals surface area contributed by atoms with E-state index in [1.165, 1.54) is 58.2 Å². The molecule has 1 heterocycles. The van der Waals surface area contributed by atoms with Gasteiger partial charge in [0.2, 0.25) is 0 Å². The zero-order valence-electron chi connectivity index (χ0n) is 30.0. The minimum Gasteiger partial charge on any atom is -0.380 e. The Morgan fingerprint density at radius 2 is 1.78 bits per heavy atom. The number of thioether (sulfide) groups is 1. The summed E-state index contributed by atoms with van der Waals surface area (Å²) in [5.41, 5.74) is 4.31. The summed E-state index contributed by atoms with van der Waals surface area (Å²) in [4.78, 5) is 26.6. The van der Waals surface area contributed by atoms with Crippen LogP contribution < -0.4 is 5.32 Å². The van der Waals surface area contributed by atoms with Crippen molar-refractivity contribution in [3.8, 4) is 0 Å². The Balaban J connectivity index is 0.000000362. The van der Waals surface area contributed by atoms with E-state index in [4.69, 9.17) is 4.74 Å². The van der Waals surface area contributed by atoms with Crippen molar-refractivity contribution in [2.75, 3.05) is 33.8 Å². The van der Waals surface area contributed by atoms with Gasteiger partial charge in [0.25, 0.3) is 0 Å². The molecule has 0 aliphatic heterocycles. The summed E-state index contributed by atoms with van der Waals surface area (Å²) in [6.07, 6.45) is 16.2. The van der Waals surface area contributed by atoms with E-state index >= 15 is 0 Å². The molecule has 2 aromatic carbocycles. The predicted octanol–water partition coefficient (Wildman–Crippen LogP) is 8.08. The number of hydrogen-bond acceptors (Lipinski definition) is 8. The second-order valence-electron chi connectivity index (χ2n) is 12.6. The lowest BCUT2D eigenvalue weighted by Crippen LogP contribution is -2.27. The second-order valence-corrected chi connectivity index (χ2v) is 14.7. The van der Waals surface area contributed by atoms with Gasteiger partial charge in [0.1, 0.15) is 0 Å². The van der Waals surface area contributed by atoms with Gasteiger partial charge < -0.3 is 20.1 Å². The van der Waals surface area contributed by atoms with Crippen LogP contribution in [0.3, 0.4) is 0 Å². The fourth-order valence-electron chi connectivity index (χ4n) is 5.33. The lowest BCUT2D eigenvalue weighted by molar-refractivity contribution is -0.121. The smallest absolute Gasteiger partial charge is 0.190 e. The number of allylic oxidation sites excluding steroid dienone is 3. The summed E-state index contributed by atoms with van der Waals surface area (Å²) in [5, 5.41) is 15.8. The van der Waals surface area contributed by atoms with Crippen molar-refractivity contribution in [1.29, 1.82) is 0 Å². The van der Waals surface area contributed by atoms with E-state index in [0.29, 0.717) is 16.7 Å². The molecule has 1 aromatic heterocycles. The third-order valence-corrected chi connectivity index (χ3v) is 10.6. The predicted molar refractivity (Wildman–Crippen MR) is 206 cm³/mol. The molecule has 3 aromatic rings. The van der Waals surface area contributed by atoms with Gasteiger partial charge in [0.15, 0.2) is 17.0 Å². The standard InChI is InChI=1S/C29H40N2O2S.C12H14O2S/c1-22-6-5-7-27(29(22)34-23(2)32)15-19-30-18-14-24-8-10-25(11-9-24)16-20-31(3)21-17-28(33-4)26-12-13-26;1-3-4-6-10(2)12(14,9-13)11-7-5-8-15-11/h5-11,17,21,26,28,30H,12-16,18-20H2,1-4H3;3-9,14H,1-2H3/b21-17+;4-3-,10-6+. The summed E-state index contributed by atoms with van der Waals surface area (Å²) in [5.74, 6) is 0.724. The Bertz CT molecular complexity index is 1530. The average molecular weight is 703 g/mol. The van der Waals surface area contributed by atoms with Crippen LogP contribution in [0.15, 0.2) is 101 Å². The number of nitrogens with one attached hydrogen (secondary N) is 1. The molecule has 4 rings (SSSR count). The van der Waals surface area contributed by atoms with E-state index in [1.54, 1.807) is 39.2 Å². The zero-order chi connectivity index (χ0) is 35.6. The number of aliphatic hydroxyl groups is 1. The zero-order valence-corrected chi connectivity index (χ0v) is 31.6. The van der Waals surface area contributed by atoms with Crippen LogP contribution in [-0.4, -0.2) is 61.3 Å².